The molecule has 0 fully saturated rings. The highest BCUT2D eigenvalue weighted by Gasteiger charge is 2.42. The third-order valence-corrected chi connectivity index (χ3v) is 4.57. The van der Waals surface area contributed by atoms with Gasteiger partial charge in [0.2, 0.25) is 0 Å². The van der Waals surface area contributed by atoms with E-state index in [4.69, 9.17) is 11.6 Å². The maximum absolute atomic E-state index is 12.8. The molecule has 138 valence electrons. The van der Waals surface area contributed by atoms with Gasteiger partial charge in [-0.25, -0.2) is 0 Å². The van der Waals surface area contributed by atoms with E-state index in [2.05, 4.69) is 0 Å². The molecule has 1 aliphatic rings. The number of hydrogen-bond acceptors (Lipinski definition) is 4. The normalized spacial score (nSPS) is 17.2. The summed E-state index contributed by atoms with van der Waals surface area (Å²) in [7, 11) is 0. The number of hydrogen-bond donors (Lipinski definition) is 2. The van der Waals surface area contributed by atoms with Crippen LogP contribution in [0.25, 0.3) is 6.08 Å². The van der Waals surface area contributed by atoms with Crippen LogP contribution in [0.2, 0.25) is 5.02 Å². The Bertz CT molecular complexity index is 904. The van der Waals surface area contributed by atoms with Crippen molar-refractivity contribution in [3.8, 4) is 0 Å². The number of benzene rings is 2. The minimum absolute atomic E-state index is 0.00460. The number of carbonyl (C=O) groups is 2. The molecule has 5 nitrogen and oxygen atoms in total. The van der Waals surface area contributed by atoms with Gasteiger partial charge in [0.15, 0.2) is 11.5 Å². The summed E-state index contributed by atoms with van der Waals surface area (Å²) in [4.78, 5) is 26.5. The number of β-amino-alcohol motifs (C(OH)–C–C–N with tert-alkyl or cyclic N) is 1. The zero-order valence-corrected chi connectivity index (χ0v) is 15.1. The van der Waals surface area contributed by atoms with Crippen LogP contribution in [0.4, 0.5) is 0 Å². The molecule has 0 saturated carbocycles. The number of aliphatic hydroxyl groups excluding tert-OH is 2. The molecule has 1 atom stereocenters. The molecule has 0 aliphatic carbocycles. The third kappa shape index (κ3) is 3.94. The van der Waals surface area contributed by atoms with E-state index in [-0.39, 0.29) is 18.7 Å². The highest BCUT2D eigenvalue weighted by Crippen LogP contribution is 2.38. The summed E-state index contributed by atoms with van der Waals surface area (Å²) in [5.41, 5.74) is 1.44. The van der Waals surface area contributed by atoms with Gasteiger partial charge < -0.3 is 15.1 Å². The number of amides is 1. The summed E-state index contributed by atoms with van der Waals surface area (Å²) in [6.07, 6.45) is 2.96. The van der Waals surface area contributed by atoms with E-state index in [1.807, 2.05) is 30.3 Å². The molecule has 0 saturated heterocycles. The Hall–Kier alpha value is -2.89. The second-order valence-electron chi connectivity index (χ2n) is 6.05. The fourth-order valence-electron chi connectivity index (χ4n) is 3.06. The fraction of sp³-hybridized carbons (Fsp3) is 0.143. The molecule has 0 aromatic heterocycles. The van der Waals surface area contributed by atoms with Crippen molar-refractivity contribution in [1.82, 2.24) is 4.90 Å². The third-order valence-electron chi connectivity index (χ3n) is 4.32. The van der Waals surface area contributed by atoms with Gasteiger partial charge >= 0.3 is 0 Å². The molecular weight excluding hydrogens is 366 g/mol. The molecule has 6 heteroatoms. The van der Waals surface area contributed by atoms with Gasteiger partial charge in [-0.3, -0.25) is 9.59 Å². The Balaban J connectivity index is 1.98. The van der Waals surface area contributed by atoms with Crippen LogP contribution >= 0.6 is 11.6 Å². The number of carbonyl (C=O) groups excluding carboxylic acids is 2. The van der Waals surface area contributed by atoms with E-state index in [0.29, 0.717) is 10.6 Å². The first-order valence-corrected chi connectivity index (χ1v) is 8.78. The summed E-state index contributed by atoms with van der Waals surface area (Å²) < 4.78 is 0. The molecule has 2 aromatic carbocycles. The van der Waals surface area contributed by atoms with Crippen LogP contribution < -0.4 is 0 Å². The lowest BCUT2D eigenvalue weighted by Gasteiger charge is -2.25. The minimum atomic E-state index is -0.783. The van der Waals surface area contributed by atoms with Crippen molar-refractivity contribution < 1.29 is 19.8 Å². The quantitative estimate of drug-likeness (QED) is 0.750. The average Bonchev–Trinajstić information content (AvgIpc) is 2.93. The van der Waals surface area contributed by atoms with Crippen molar-refractivity contribution in [2.45, 2.75) is 6.04 Å². The topological polar surface area (TPSA) is 77.8 Å². The highest BCUT2D eigenvalue weighted by atomic mass is 35.5. The van der Waals surface area contributed by atoms with Crippen molar-refractivity contribution in [3.63, 3.8) is 0 Å². The Morgan fingerprint density at radius 1 is 1.11 bits per heavy atom. The minimum Gasteiger partial charge on any atom is -0.503 e. The molecule has 2 N–H and O–H groups in total. The SMILES string of the molecule is O=C(/C=C/c1ccccc1)C1=C(O)C(=O)N(CCO)[C@H]1c1ccc(Cl)cc1. The average molecular weight is 384 g/mol. The molecule has 0 bridgehead atoms. The van der Waals surface area contributed by atoms with Gasteiger partial charge in [0, 0.05) is 11.6 Å². The molecule has 0 unspecified atom stereocenters. The van der Waals surface area contributed by atoms with Crippen LogP contribution in [-0.4, -0.2) is 40.0 Å². The number of rotatable bonds is 6. The van der Waals surface area contributed by atoms with Gasteiger partial charge in [0.1, 0.15) is 0 Å². The predicted octanol–water partition coefficient (Wildman–Crippen LogP) is 3.31. The lowest BCUT2D eigenvalue weighted by Crippen LogP contribution is -2.33. The summed E-state index contributed by atoms with van der Waals surface area (Å²) in [5.74, 6) is -1.74. The maximum Gasteiger partial charge on any atom is 0.290 e. The first kappa shape index (κ1) is 18.9. The zero-order chi connectivity index (χ0) is 19.4. The summed E-state index contributed by atoms with van der Waals surface area (Å²) in [5, 5.41) is 20.2. The van der Waals surface area contributed by atoms with Gasteiger partial charge in [-0.05, 0) is 29.3 Å². The van der Waals surface area contributed by atoms with Crippen LogP contribution in [0.3, 0.4) is 0 Å². The van der Waals surface area contributed by atoms with Gasteiger partial charge in [-0.2, -0.15) is 0 Å². The maximum atomic E-state index is 12.8. The van der Waals surface area contributed by atoms with Crippen molar-refractivity contribution in [3.05, 3.63) is 88.2 Å². The van der Waals surface area contributed by atoms with Crippen molar-refractivity contribution in [2.24, 2.45) is 0 Å². The molecule has 1 aliphatic heterocycles. The molecule has 3 rings (SSSR count). The van der Waals surface area contributed by atoms with Gasteiger partial charge in [-0.1, -0.05) is 60.1 Å². The van der Waals surface area contributed by atoms with Crippen LogP contribution in [-0.2, 0) is 9.59 Å². The Labute approximate surface area is 161 Å². The second-order valence-corrected chi connectivity index (χ2v) is 6.48. The fourth-order valence-corrected chi connectivity index (χ4v) is 3.19. The summed E-state index contributed by atoms with van der Waals surface area (Å²) in [6, 6.07) is 15.1. The molecule has 0 radical (unpaired) electrons. The molecule has 0 spiro atoms. The van der Waals surface area contributed by atoms with Crippen molar-refractivity contribution in [1.29, 1.82) is 0 Å². The predicted molar refractivity (Wildman–Crippen MR) is 103 cm³/mol. The van der Waals surface area contributed by atoms with Crippen molar-refractivity contribution >= 4 is 29.4 Å². The van der Waals surface area contributed by atoms with E-state index in [9.17, 15) is 19.8 Å². The standard InChI is InChI=1S/C21H18ClNO4/c22-16-9-7-15(8-10-16)19-18(20(26)21(27)23(19)12-13-24)17(25)11-6-14-4-2-1-3-5-14/h1-11,19,24,26H,12-13H2/b11-6+/t19-/m0/s1. The monoisotopic (exact) mass is 383 g/mol. The summed E-state index contributed by atoms with van der Waals surface area (Å²) >= 11 is 5.93. The smallest absolute Gasteiger partial charge is 0.290 e. The molecule has 2 aromatic rings. The van der Waals surface area contributed by atoms with Crippen LogP contribution in [0.1, 0.15) is 17.2 Å². The number of aliphatic hydroxyl groups is 2. The highest BCUT2D eigenvalue weighted by molar-refractivity contribution is 6.30. The van der Waals surface area contributed by atoms with Crippen molar-refractivity contribution in [2.75, 3.05) is 13.2 Å². The second kappa shape index (κ2) is 8.20. The van der Waals surface area contributed by atoms with Gasteiger partial charge in [-0.15, -0.1) is 0 Å². The van der Waals surface area contributed by atoms with Crippen LogP contribution in [0.5, 0.6) is 0 Å². The van der Waals surface area contributed by atoms with E-state index in [1.165, 1.54) is 11.0 Å². The first-order chi connectivity index (χ1) is 13.0. The number of halogens is 1. The van der Waals surface area contributed by atoms with E-state index < -0.39 is 23.5 Å². The number of ketones is 1. The Morgan fingerprint density at radius 2 is 1.78 bits per heavy atom. The van der Waals surface area contributed by atoms with Crippen LogP contribution in [0, 0.1) is 0 Å². The Kier molecular flexibility index (Phi) is 5.74. The lowest BCUT2D eigenvalue weighted by molar-refractivity contribution is -0.129. The molecule has 27 heavy (non-hydrogen) atoms. The van der Waals surface area contributed by atoms with E-state index in [1.54, 1.807) is 30.3 Å². The molecular formula is C21H18ClNO4. The van der Waals surface area contributed by atoms with Crippen LogP contribution in [0.15, 0.2) is 72.0 Å². The number of nitrogens with zero attached hydrogens (tertiary/aromatic N) is 1. The first-order valence-electron chi connectivity index (χ1n) is 8.41. The van der Waals surface area contributed by atoms with Gasteiger partial charge in [0.25, 0.3) is 5.91 Å². The largest absolute Gasteiger partial charge is 0.503 e. The summed E-state index contributed by atoms with van der Waals surface area (Å²) in [6.45, 7) is -0.292. The van der Waals surface area contributed by atoms with E-state index >= 15 is 0 Å². The zero-order valence-electron chi connectivity index (χ0n) is 14.4. The number of allylic oxidation sites excluding steroid dienone is 1. The molecule has 1 heterocycles. The molecule has 1 amide bonds. The van der Waals surface area contributed by atoms with E-state index in [0.717, 1.165) is 5.56 Å². The van der Waals surface area contributed by atoms with Gasteiger partial charge in [0.05, 0.1) is 18.2 Å². The Morgan fingerprint density at radius 3 is 2.41 bits per heavy atom. The lowest BCUT2D eigenvalue weighted by atomic mass is 9.95.